The van der Waals surface area contributed by atoms with Gasteiger partial charge in [-0.2, -0.15) is 5.10 Å². The Kier molecular flexibility index (Phi) is 5.09. The highest BCUT2D eigenvalue weighted by Gasteiger charge is 2.38. The lowest BCUT2D eigenvalue weighted by Crippen LogP contribution is -2.58. The number of hydrazone groups is 1. The highest BCUT2D eigenvalue weighted by Crippen LogP contribution is 2.19. The Balaban J connectivity index is 1.74. The molecule has 0 unspecified atom stereocenters. The zero-order valence-corrected chi connectivity index (χ0v) is 14.1. The van der Waals surface area contributed by atoms with Gasteiger partial charge in [-0.25, -0.2) is 5.43 Å². The Bertz CT molecular complexity index is 886. The topological polar surface area (TPSA) is 104 Å². The first-order valence-electron chi connectivity index (χ1n) is 7.55. The Labute approximate surface area is 153 Å². The summed E-state index contributed by atoms with van der Waals surface area (Å²) in [6.07, 6.45) is 4.01. The summed E-state index contributed by atoms with van der Waals surface area (Å²) in [4.78, 5) is 41.7. The second-order valence-electron chi connectivity index (χ2n) is 5.24. The van der Waals surface area contributed by atoms with E-state index in [4.69, 9.17) is 12.2 Å². The van der Waals surface area contributed by atoms with Crippen LogP contribution in [0.3, 0.4) is 0 Å². The van der Waals surface area contributed by atoms with Crippen LogP contribution in [0.5, 0.6) is 0 Å². The minimum absolute atomic E-state index is 0.00308. The molecular weight excluding hydrogens is 354 g/mol. The van der Waals surface area contributed by atoms with Crippen molar-refractivity contribution in [2.24, 2.45) is 11.0 Å². The second kappa shape index (κ2) is 7.62. The number of nitrogens with one attached hydrogen (secondary N) is 2. The fourth-order valence-electron chi connectivity index (χ4n) is 2.28. The SMILES string of the molecule is O=C(N/N=C\[C@@H]1C(=O)NC(=S)N(c2ccccc2)C1=O)c1ccncc1. The van der Waals surface area contributed by atoms with Gasteiger partial charge >= 0.3 is 0 Å². The van der Waals surface area contributed by atoms with Gasteiger partial charge in [0.05, 0.1) is 5.69 Å². The van der Waals surface area contributed by atoms with E-state index >= 15 is 0 Å². The first-order valence-corrected chi connectivity index (χ1v) is 7.96. The molecule has 0 bridgehead atoms. The lowest BCUT2D eigenvalue weighted by molar-refractivity contribution is -0.130. The number of thiocarbonyl (C=S) groups is 1. The third-order valence-electron chi connectivity index (χ3n) is 3.55. The number of benzene rings is 1. The number of anilines is 1. The number of rotatable bonds is 4. The van der Waals surface area contributed by atoms with Crippen LogP contribution < -0.4 is 15.6 Å². The number of carbonyl (C=O) groups excluding carboxylic acids is 3. The summed E-state index contributed by atoms with van der Waals surface area (Å²) in [6, 6.07) is 11.7. The summed E-state index contributed by atoms with van der Waals surface area (Å²) < 4.78 is 0. The van der Waals surface area contributed by atoms with Gasteiger partial charge in [0, 0.05) is 24.2 Å². The molecule has 8 nitrogen and oxygen atoms in total. The smallest absolute Gasteiger partial charge is 0.271 e. The van der Waals surface area contributed by atoms with E-state index in [2.05, 4.69) is 20.8 Å². The van der Waals surface area contributed by atoms with E-state index in [0.717, 1.165) is 6.21 Å². The lowest BCUT2D eigenvalue weighted by Gasteiger charge is -2.30. The molecule has 3 rings (SSSR count). The van der Waals surface area contributed by atoms with Crippen molar-refractivity contribution in [3.8, 4) is 0 Å². The fraction of sp³-hybridized carbons (Fsp3) is 0.0588. The zero-order valence-electron chi connectivity index (χ0n) is 13.3. The molecule has 9 heteroatoms. The summed E-state index contributed by atoms with van der Waals surface area (Å²) in [5.41, 5.74) is 3.15. The Morgan fingerprint density at radius 3 is 2.58 bits per heavy atom. The van der Waals surface area contributed by atoms with Crippen LogP contribution in [0.15, 0.2) is 60.0 Å². The minimum atomic E-state index is -1.21. The summed E-state index contributed by atoms with van der Waals surface area (Å²) in [5.74, 6) is -2.84. The standard InChI is InChI=1S/C17H13N5O3S/c23-14(11-6-8-18-9-7-11)21-19-10-13-15(24)20-17(26)22(16(13)25)12-4-2-1-3-5-12/h1-10,13H,(H,21,23)(H,20,24,26)/b19-10-/t13-/m1/s1. The molecule has 1 saturated heterocycles. The van der Waals surface area contributed by atoms with Crippen molar-refractivity contribution in [2.75, 3.05) is 4.90 Å². The molecule has 130 valence electrons. The normalized spacial score (nSPS) is 17.3. The molecule has 1 atom stereocenters. The predicted octanol–water partition coefficient (Wildman–Crippen LogP) is 0.861. The second-order valence-corrected chi connectivity index (χ2v) is 5.62. The Hall–Kier alpha value is -3.46. The van der Waals surface area contributed by atoms with Crippen molar-refractivity contribution in [1.82, 2.24) is 15.7 Å². The number of para-hydroxylation sites is 1. The Morgan fingerprint density at radius 1 is 1.19 bits per heavy atom. The number of pyridine rings is 1. The summed E-state index contributed by atoms with van der Waals surface area (Å²) in [7, 11) is 0. The van der Waals surface area contributed by atoms with Crippen LogP contribution >= 0.6 is 12.2 Å². The molecule has 1 aromatic heterocycles. The molecule has 1 fully saturated rings. The number of hydrogen-bond donors (Lipinski definition) is 2. The van der Waals surface area contributed by atoms with Crippen molar-refractivity contribution in [3.63, 3.8) is 0 Å². The minimum Gasteiger partial charge on any atom is -0.301 e. The third-order valence-corrected chi connectivity index (χ3v) is 3.83. The van der Waals surface area contributed by atoms with Gasteiger partial charge in [-0.15, -0.1) is 0 Å². The van der Waals surface area contributed by atoms with Gasteiger partial charge in [-0.05, 0) is 36.5 Å². The molecular formula is C17H13N5O3S. The average Bonchev–Trinajstić information content (AvgIpc) is 2.65. The molecule has 1 aliphatic rings. The van der Waals surface area contributed by atoms with Crippen LogP contribution in [-0.4, -0.2) is 34.0 Å². The number of nitrogens with zero attached hydrogens (tertiary/aromatic N) is 3. The largest absolute Gasteiger partial charge is 0.301 e. The first-order chi connectivity index (χ1) is 12.6. The van der Waals surface area contributed by atoms with Gasteiger partial charge in [0.2, 0.25) is 5.91 Å². The zero-order chi connectivity index (χ0) is 18.5. The van der Waals surface area contributed by atoms with Crippen molar-refractivity contribution in [1.29, 1.82) is 0 Å². The van der Waals surface area contributed by atoms with Gasteiger partial charge in [-0.3, -0.25) is 24.3 Å². The highest BCUT2D eigenvalue weighted by atomic mass is 32.1. The summed E-state index contributed by atoms with van der Waals surface area (Å²) in [6.45, 7) is 0. The van der Waals surface area contributed by atoms with Crippen LogP contribution in [0.25, 0.3) is 0 Å². The average molecular weight is 367 g/mol. The molecule has 0 radical (unpaired) electrons. The maximum atomic E-state index is 12.7. The monoisotopic (exact) mass is 367 g/mol. The number of hydrogen-bond acceptors (Lipinski definition) is 6. The maximum absolute atomic E-state index is 12.7. The molecule has 1 aliphatic heterocycles. The molecule has 2 N–H and O–H groups in total. The van der Waals surface area contributed by atoms with Crippen LogP contribution in [-0.2, 0) is 9.59 Å². The summed E-state index contributed by atoms with van der Waals surface area (Å²) in [5, 5.41) is 6.19. The molecule has 3 amide bonds. The molecule has 2 aromatic rings. The van der Waals surface area contributed by atoms with E-state index in [9.17, 15) is 14.4 Å². The van der Waals surface area contributed by atoms with E-state index in [1.165, 1.54) is 29.4 Å². The van der Waals surface area contributed by atoms with Crippen molar-refractivity contribution in [3.05, 3.63) is 60.4 Å². The van der Waals surface area contributed by atoms with Gasteiger partial charge in [-0.1, -0.05) is 18.2 Å². The van der Waals surface area contributed by atoms with Gasteiger partial charge in [0.1, 0.15) is 0 Å². The molecule has 0 spiro atoms. The predicted molar refractivity (Wildman–Crippen MR) is 98.4 cm³/mol. The van der Waals surface area contributed by atoms with Crippen LogP contribution in [0.2, 0.25) is 0 Å². The van der Waals surface area contributed by atoms with E-state index in [-0.39, 0.29) is 5.11 Å². The third kappa shape index (κ3) is 3.62. The van der Waals surface area contributed by atoms with Crippen LogP contribution in [0.4, 0.5) is 5.69 Å². The van der Waals surface area contributed by atoms with E-state index in [1.54, 1.807) is 30.3 Å². The number of aromatic nitrogens is 1. The van der Waals surface area contributed by atoms with Crippen LogP contribution in [0, 0.1) is 5.92 Å². The van der Waals surface area contributed by atoms with Crippen molar-refractivity contribution >= 4 is 47.0 Å². The van der Waals surface area contributed by atoms with E-state index < -0.39 is 23.6 Å². The molecule has 2 heterocycles. The summed E-state index contributed by atoms with van der Waals surface area (Å²) >= 11 is 5.09. The van der Waals surface area contributed by atoms with Crippen LogP contribution in [0.1, 0.15) is 10.4 Å². The Morgan fingerprint density at radius 2 is 1.88 bits per heavy atom. The fourth-order valence-corrected chi connectivity index (χ4v) is 2.58. The molecule has 0 saturated carbocycles. The number of carbonyl (C=O) groups is 3. The van der Waals surface area contributed by atoms with Crippen molar-refractivity contribution < 1.29 is 14.4 Å². The quantitative estimate of drug-likeness (QED) is 0.361. The van der Waals surface area contributed by atoms with Crippen molar-refractivity contribution in [2.45, 2.75) is 0 Å². The lowest BCUT2D eigenvalue weighted by atomic mass is 10.1. The van der Waals surface area contributed by atoms with Gasteiger partial charge in [0.15, 0.2) is 11.0 Å². The van der Waals surface area contributed by atoms with Gasteiger partial charge in [0.25, 0.3) is 11.8 Å². The van der Waals surface area contributed by atoms with E-state index in [1.807, 2.05) is 0 Å². The highest BCUT2D eigenvalue weighted by molar-refractivity contribution is 7.80. The van der Waals surface area contributed by atoms with Gasteiger partial charge < -0.3 is 5.32 Å². The van der Waals surface area contributed by atoms with E-state index in [0.29, 0.717) is 11.3 Å². The molecule has 1 aromatic carbocycles. The molecule has 0 aliphatic carbocycles. The number of amides is 3. The maximum Gasteiger partial charge on any atom is 0.271 e. The first kappa shape index (κ1) is 17.4. The molecule has 26 heavy (non-hydrogen) atoms.